The molecule has 1 aromatic rings. The van der Waals surface area contributed by atoms with Gasteiger partial charge in [0, 0.05) is 0 Å². The maximum Gasteiger partial charge on any atom is 0.305 e. The van der Waals surface area contributed by atoms with Crippen LogP contribution in [-0.2, 0) is 9.59 Å². The third-order valence-electron chi connectivity index (χ3n) is 2.64. The molecule has 0 saturated heterocycles. The van der Waals surface area contributed by atoms with Gasteiger partial charge in [-0.1, -0.05) is 6.07 Å². The van der Waals surface area contributed by atoms with Crippen LogP contribution in [0.15, 0.2) is 12.1 Å². The fraction of sp³-hybridized carbons (Fsp3) is 0.385. The van der Waals surface area contributed by atoms with Gasteiger partial charge >= 0.3 is 5.97 Å². The molecule has 0 fully saturated rings. The summed E-state index contributed by atoms with van der Waals surface area (Å²) in [5.74, 6) is -1.14. The lowest BCUT2D eigenvalue weighted by molar-refractivity contribution is -0.138. The number of carboxylic acid groups (broad SMARTS) is 1. The SMILES string of the molecule is COc1cc(C)cc(C)c1NC(=O)C(N)CC(=O)O. The van der Waals surface area contributed by atoms with Crippen LogP contribution in [0, 0.1) is 13.8 Å². The fourth-order valence-electron chi connectivity index (χ4n) is 1.75. The van der Waals surface area contributed by atoms with E-state index in [4.69, 9.17) is 15.6 Å². The van der Waals surface area contributed by atoms with Gasteiger partial charge in [-0.25, -0.2) is 0 Å². The molecule has 0 saturated carbocycles. The molecular formula is C13H18N2O4. The number of ether oxygens (including phenoxy) is 1. The third-order valence-corrected chi connectivity index (χ3v) is 2.64. The Kier molecular flexibility index (Phi) is 4.88. The van der Waals surface area contributed by atoms with Crippen LogP contribution in [0.2, 0.25) is 0 Å². The van der Waals surface area contributed by atoms with Crippen molar-refractivity contribution < 1.29 is 19.4 Å². The number of hydrogen-bond acceptors (Lipinski definition) is 4. The van der Waals surface area contributed by atoms with Crippen molar-refractivity contribution in [2.75, 3.05) is 12.4 Å². The Bertz CT molecular complexity index is 500. The number of aryl methyl sites for hydroxylation is 2. The summed E-state index contributed by atoms with van der Waals surface area (Å²) in [5, 5.41) is 11.2. The predicted molar refractivity (Wildman–Crippen MR) is 71.3 cm³/mol. The van der Waals surface area contributed by atoms with E-state index in [-0.39, 0.29) is 0 Å². The zero-order valence-corrected chi connectivity index (χ0v) is 11.2. The van der Waals surface area contributed by atoms with Gasteiger partial charge in [0.1, 0.15) is 5.75 Å². The molecule has 19 heavy (non-hydrogen) atoms. The molecule has 0 aliphatic carbocycles. The molecule has 0 radical (unpaired) electrons. The Hall–Kier alpha value is -2.08. The van der Waals surface area contributed by atoms with Crippen LogP contribution in [0.25, 0.3) is 0 Å². The van der Waals surface area contributed by atoms with Crippen molar-refractivity contribution in [2.45, 2.75) is 26.3 Å². The van der Waals surface area contributed by atoms with Gasteiger partial charge in [0.05, 0.1) is 25.3 Å². The van der Waals surface area contributed by atoms with Gasteiger partial charge in [-0.15, -0.1) is 0 Å². The van der Waals surface area contributed by atoms with E-state index in [0.717, 1.165) is 11.1 Å². The number of carbonyl (C=O) groups is 2. The normalized spacial score (nSPS) is 11.8. The number of nitrogens with two attached hydrogens (primary N) is 1. The first-order valence-electron chi connectivity index (χ1n) is 5.78. The Labute approximate surface area is 111 Å². The average molecular weight is 266 g/mol. The Morgan fingerprint density at radius 3 is 2.58 bits per heavy atom. The van der Waals surface area contributed by atoms with Crippen LogP contribution < -0.4 is 15.8 Å². The van der Waals surface area contributed by atoms with E-state index in [1.807, 2.05) is 19.9 Å². The zero-order chi connectivity index (χ0) is 14.6. The second-order valence-electron chi connectivity index (χ2n) is 4.35. The van der Waals surface area contributed by atoms with E-state index < -0.39 is 24.3 Å². The number of hydrogen-bond donors (Lipinski definition) is 3. The van der Waals surface area contributed by atoms with Gasteiger partial charge in [-0.05, 0) is 31.0 Å². The highest BCUT2D eigenvalue weighted by molar-refractivity contribution is 5.98. The monoisotopic (exact) mass is 266 g/mol. The first kappa shape index (κ1) is 15.0. The lowest BCUT2D eigenvalue weighted by Crippen LogP contribution is -2.37. The number of rotatable bonds is 5. The summed E-state index contributed by atoms with van der Waals surface area (Å²) in [6.07, 6.45) is -0.418. The van der Waals surface area contributed by atoms with Crippen LogP contribution in [0.1, 0.15) is 17.5 Å². The van der Waals surface area contributed by atoms with Crippen molar-refractivity contribution in [1.82, 2.24) is 0 Å². The average Bonchev–Trinajstić information content (AvgIpc) is 2.30. The predicted octanol–water partition coefficient (Wildman–Crippen LogP) is 1.05. The van der Waals surface area contributed by atoms with Crippen LogP contribution in [-0.4, -0.2) is 30.1 Å². The fourth-order valence-corrected chi connectivity index (χ4v) is 1.75. The number of carbonyl (C=O) groups excluding carboxylic acids is 1. The highest BCUT2D eigenvalue weighted by Gasteiger charge is 2.19. The molecule has 0 aliphatic rings. The molecule has 1 aromatic carbocycles. The Morgan fingerprint density at radius 2 is 2.05 bits per heavy atom. The Balaban J connectivity index is 2.93. The highest BCUT2D eigenvalue weighted by atomic mass is 16.5. The summed E-state index contributed by atoms with van der Waals surface area (Å²) in [5.41, 5.74) is 7.85. The van der Waals surface area contributed by atoms with Gasteiger partial charge in [0.2, 0.25) is 5.91 Å². The first-order valence-corrected chi connectivity index (χ1v) is 5.78. The van der Waals surface area contributed by atoms with Gasteiger partial charge in [-0.2, -0.15) is 0 Å². The second-order valence-corrected chi connectivity index (χ2v) is 4.35. The largest absolute Gasteiger partial charge is 0.495 e. The van der Waals surface area contributed by atoms with E-state index in [1.54, 1.807) is 6.07 Å². The van der Waals surface area contributed by atoms with Gasteiger partial charge in [0.25, 0.3) is 0 Å². The number of amides is 1. The van der Waals surface area contributed by atoms with E-state index >= 15 is 0 Å². The van der Waals surface area contributed by atoms with Crippen molar-refractivity contribution in [3.8, 4) is 5.75 Å². The Morgan fingerprint density at radius 1 is 1.42 bits per heavy atom. The van der Waals surface area contributed by atoms with E-state index in [1.165, 1.54) is 7.11 Å². The van der Waals surface area contributed by atoms with Gasteiger partial charge in [0.15, 0.2) is 0 Å². The van der Waals surface area contributed by atoms with Crippen molar-refractivity contribution in [1.29, 1.82) is 0 Å². The van der Waals surface area contributed by atoms with Crippen LogP contribution in [0.4, 0.5) is 5.69 Å². The molecule has 1 amide bonds. The second kappa shape index (κ2) is 6.19. The number of benzene rings is 1. The molecule has 4 N–H and O–H groups in total. The lowest BCUT2D eigenvalue weighted by atomic mass is 10.1. The number of nitrogens with one attached hydrogen (secondary N) is 1. The number of aliphatic carboxylic acids is 1. The first-order chi connectivity index (χ1) is 8.85. The standard InChI is InChI=1S/C13H18N2O4/c1-7-4-8(2)12(10(5-7)19-3)15-13(18)9(14)6-11(16)17/h4-5,9H,6,14H2,1-3H3,(H,15,18)(H,16,17). The summed E-state index contributed by atoms with van der Waals surface area (Å²) in [7, 11) is 1.50. The maximum atomic E-state index is 11.8. The molecule has 104 valence electrons. The summed E-state index contributed by atoms with van der Waals surface area (Å²) < 4.78 is 5.20. The van der Waals surface area contributed by atoms with Crippen LogP contribution in [0.5, 0.6) is 5.75 Å². The highest BCUT2D eigenvalue weighted by Crippen LogP contribution is 2.29. The summed E-state index contributed by atoms with van der Waals surface area (Å²) in [6.45, 7) is 3.74. The van der Waals surface area contributed by atoms with Crippen molar-refractivity contribution >= 4 is 17.6 Å². The number of methoxy groups -OCH3 is 1. The third kappa shape index (κ3) is 3.96. The number of anilines is 1. The molecule has 1 atom stereocenters. The molecular weight excluding hydrogens is 248 g/mol. The van der Waals surface area contributed by atoms with Crippen LogP contribution >= 0.6 is 0 Å². The van der Waals surface area contributed by atoms with E-state index in [2.05, 4.69) is 5.32 Å². The minimum absolute atomic E-state index is 0.418. The van der Waals surface area contributed by atoms with Crippen molar-refractivity contribution in [2.24, 2.45) is 5.73 Å². The quantitative estimate of drug-likeness (QED) is 0.739. The summed E-state index contributed by atoms with van der Waals surface area (Å²) >= 11 is 0. The van der Waals surface area contributed by atoms with Crippen molar-refractivity contribution in [3.63, 3.8) is 0 Å². The molecule has 1 unspecified atom stereocenters. The molecule has 0 heterocycles. The molecule has 1 rings (SSSR count). The minimum Gasteiger partial charge on any atom is -0.495 e. The number of carboxylic acids is 1. The van der Waals surface area contributed by atoms with E-state index in [9.17, 15) is 9.59 Å². The molecule has 6 heteroatoms. The molecule has 6 nitrogen and oxygen atoms in total. The van der Waals surface area contributed by atoms with Crippen LogP contribution in [0.3, 0.4) is 0 Å². The maximum absolute atomic E-state index is 11.8. The lowest BCUT2D eigenvalue weighted by Gasteiger charge is -2.16. The van der Waals surface area contributed by atoms with E-state index in [0.29, 0.717) is 11.4 Å². The minimum atomic E-state index is -1.12. The van der Waals surface area contributed by atoms with Gasteiger partial charge in [-0.3, -0.25) is 9.59 Å². The molecule has 0 aliphatic heterocycles. The molecule has 0 spiro atoms. The van der Waals surface area contributed by atoms with Gasteiger partial charge < -0.3 is 20.9 Å². The zero-order valence-electron chi connectivity index (χ0n) is 11.2. The van der Waals surface area contributed by atoms with Crippen molar-refractivity contribution in [3.05, 3.63) is 23.3 Å². The summed E-state index contributed by atoms with van der Waals surface area (Å²) in [6, 6.07) is 2.58. The summed E-state index contributed by atoms with van der Waals surface area (Å²) in [4.78, 5) is 22.3. The molecule has 0 bridgehead atoms. The molecule has 0 aromatic heterocycles. The smallest absolute Gasteiger partial charge is 0.305 e. The topological polar surface area (TPSA) is 102 Å².